The maximum atomic E-state index is 5.93. The molecule has 0 radical (unpaired) electrons. The van der Waals surface area contributed by atoms with Crippen molar-refractivity contribution in [1.29, 1.82) is 0 Å². The molecule has 0 aliphatic carbocycles. The molecule has 30 heavy (non-hydrogen) atoms. The maximum Gasteiger partial charge on any atom is 0.228 e. The number of guanidine groups is 1. The highest BCUT2D eigenvalue weighted by Crippen LogP contribution is 2.22. The fraction of sp³-hybridized carbons (Fsp3) is 0.261. The summed E-state index contributed by atoms with van der Waals surface area (Å²) < 4.78 is 5.38. The van der Waals surface area contributed by atoms with E-state index in [0.29, 0.717) is 29.7 Å². The largest absolute Gasteiger partial charge is 0.356 e. The van der Waals surface area contributed by atoms with E-state index in [1.807, 2.05) is 37.4 Å². The molecule has 7 heteroatoms. The van der Waals surface area contributed by atoms with Gasteiger partial charge in [0.1, 0.15) is 0 Å². The Morgan fingerprint density at radius 1 is 1.13 bits per heavy atom. The summed E-state index contributed by atoms with van der Waals surface area (Å²) >= 11 is 5.93. The van der Waals surface area contributed by atoms with Crippen molar-refractivity contribution in [3.05, 3.63) is 77.2 Å². The van der Waals surface area contributed by atoms with Crippen LogP contribution in [-0.4, -0.2) is 47.7 Å². The second kappa shape index (κ2) is 9.59. The van der Waals surface area contributed by atoms with Crippen LogP contribution in [0.25, 0.3) is 17.0 Å². The second-order valence-corrected chi connectivity index (χ2v) is 7.47. The van der Waals surface area contributed by atoms with Crippen LogP contribution in [0.5, 0.6) is 0 Å². The third kappa shape index (κ3) is 4.89. The molecule has 0 unspecified atom stereocenters. The Hall–Kier alpha value is -3.12. The number of rotatable bonds is 5. The first-order chi connectivity index (χ1) is 14.7. The molecule has 2 heterocycles. The van der Waals surface area contributed by atoms with Crippen LogP contribution >= 0.6 is 11.6 Å². The molecule has 0 atom stereocenters. The molecule has 4 rings (SSSR count). The van der Waals surface area contributed by atoms with Crippen LogP contribution in [0.2, 0.25) is 5.02 Å². The molecule has 0 spiro atoms. The first-order valence-corrected chi connectivity index (χ1v) is 10.4. The highest BCUT2D eigenvalue weighted by atomic mass is 35.5. The van der Waals surface area contributed by atoms with Crippen LogP contribution in [0.4, 0.5) is 0 Å². The number of hydrogen-bond acceptors (Lipinski definition) is 4. The van der Waals surface area contributed by atoms with Gasteiger partial charge >= 0.3 is 0 Å². The monoisotopic (exact) mass is 421 g/mol. The van der Waals surface area contributed by atoms with Crippen molar-refractivity contribution < 1.29 is 4.52 Å². The molecule has 1 aliphatic heterocycles. The molecule has 0 bridgehead atoms. The summed E-state index contributed by atoms with van der Waals surface area (Å²) in [4.78, 5) is 11.1. The molecule has 0 saturated carbocycles. The molecule has 1 aliphatic rings. The fourth-order valence-corrected chi connectivity index (χ4v) is 3.59. The normalized spacial score (nSPS) is 14.5. The molecule has 0 amide bonds. The Morgan fingerprint density at radius 3 is 2.63 bits per heavy atom. The number of halogens is 1. The smallest absolute Gasteiger partial charge is 0.228 e. The number of aromatic nitrogens is 2. The molecule has 3 aromatic rings. The van der Waals surface area contributed by atoms with Gasteiger partial charge in [-0.15, -0.1) is 0 Å². The topological polar surface area (TPSA) is 66.5 Å². The van der Waals surface area contributed by atoms with Crippen LogP contribution in [0.15, 0.2) is 70.2 Å². The number of benzene rings is 2. The summed E-state index contributed by atoms with van der Waals surface area (Å²) in [5, 5.41) is 8.14. The molecule has 0 saturated heterocycles. The number of hydrogen-bond donors (Lipinski definition) is 1. The minimum Gasteiger partial charge on any atom is -0.356 e. The van der Waals surface area contributed by atoms with Gasteiger partial charge in [-0.2, -0.15) is 4.98 Å². The molecule has 0 fully saturated rings. The van der Waals surface area contributed by atoms with Gasteiger partial charge in [-0.1, -0.05) is 53.2 Å². The standard InChI is InChI=1S/C23H24ClN5O/c1-25-23(29-15-12-18(13-16-29)17-5-3-2-4-6-17)26-14-11-21-27-22(28-30-21)19-7-9-20(24)10-8-19/h2-10,12H,11,13-16H2,1H3,(H,25,26). The Kier molecular flexibility index (Phi) is 6.44. The predicted molar refractivity (Wildman–Crippen MR) is 120 cm³/mol. The van der Waals surface area contributed by atoms with E-state index >= 15 is 0 Å². The molecular formula is C23H24ClN5O. The summed E-state index contributed by atoms with van der Waals surface area (Å²) in [6.45, 7) is 2.44. The highest BCUT2D eigenvalue weighted by molar-refractivity contribution is 6.30. The lowest BCUT2D eigenvalue weighted by Crippen LogP contribution is -2.44. The van der Waals surface area contributed by atoms with Gasteiger partial charge in [-0.25, -0.2) is 0 Å². The van der Waals surface area contributed by atoms with Crippen LogP contribution in [0.3, 0.4) is 0 Å². The van der Waals surface area contributed by atoms with E-state index in [2.05, 4.69) is 55.7 Å². The highest BCUT2D eigenvalue weighted by Gasteiger charge is 2.16. The van der Waals surface area contributed by atoms with Crippen LogP contribution in [0.1, 0.15) is 17.9 Å². The first kappa shape index (κ1) is 20.2. The number of nitrogens with one attached hydrogen (secondary N) is 1. The van der Waals surface area contributed by atoms with Crippen molar-refractivity contribution in [3.63, 3.8) is 0 Å². The summed E-state index contributed by atoms with van der Waals surface area (Å²) in [6.07, 6.45) is 3.90. The molecule has 154 valence electrons. The van der Waals surface area contributed by atoms with Gasteiger partial charge in [0.05, 0.1) is 0 Å². The predicted octanol–water partition coefficient (Wildman–Crippen LogP) is 4.30. The van der Waals surface area contributed by atoms with E-state index in [4.69, 9.17) is 16.1 Å². The van der Waals surface area contributed by atoms with Crippen LogP contribution in [-0.2, 0) is 6.42 Å². The van der Waals surface area contributed by atoms with Crippen molar-refractivity contribution >= 4 is 23.1 Å². The van der Waals surface area contributed by atoms with Gasteiger partial charge in [0.15, 0.2) is 5.96 Å². The van der Waals surface area contributed by atoms with Gasteiger partial charge in [-0.3, -0.25) is 4.99 Å². The van der Waals surface area contributed by atoms with Gasteiger partial charge < -0.3 is 14.7 Å². The van der Waals surface area contributed by atoms with E-state index in [9.17, 15) is 0 Å². The maximum absolute atomic E-state index is 5.93. The second-order valence-electron chi connectivity index (χ2n) is 7.03. The summed E-state index contributed by atoms with van der Waals surface area (Å²) in [5.41, 5.74) is 3.57. The molecular weight excluding hydrogens is 398 g/mol. The SMILES string of the molecule is CN=C(NCCc1nc(-c2ccc(Cl)cc2)no1)N1CC=C(c2ccccc2)CC1. The zero-order valence-electron chi connectivity index (χ0n) is 16.9. The van der Waals surface area contributed by atoms with Gasteiger partial charge in [0.2, 0.25) is 11.7 Å². The van der Waals surface area contributed by atoms with Crippen molar-refractivity contribution in [2.75, 3.05) is 26.7 Å². The number of nitrogens with zero attached hydrogens (tertiary/aromatic N) is 4. The zero-order chi connectivity index (χ0) is 20.8. The fourth-order valence-electron chi connectivity index (χ4n) is 3.46. The number of aliphatic imine (C=N–C) groups is 1. The van der Waals surface area contributed by atoms with E-state index in [1.54, 1.807) is 0 Å². The Labute approximate surface area is 181 Å². The quantitative estimate of drug-likeness (QED) is 0.491. The molecule has 1 N–H and O–H groups in total. The average Bonchev–Trinajstić information content (AvgIpc) is 3.27. The third-order valence-electron chi connectivity index (χ3n) is 5.06. The summed E-state index contributed by atoms with van der Waals surface area (Å²) in [6, 6.07) is 17.9. The molecule has 6 nitrogen and oxygen atoms in total. The van der Waals surface area contributed by atoms with Crippen molar-refractivity contribution in [2.24, 2.45) is 4.99 Å². The van der Waals surface area contributed by atoms with E-state index in [1.165, 1.54) is 11.1 Å². The van der Waals surface area contributed by atoms with Gasteiger partial charge in [0, 0.05) is 43.7 Å². The Morgan fingerprint density at radius 2 is 1.93 bits per heavy atom. The van der Waals surface area contributed by atoms with Crippen LogP contribution < -0.4 is 5.32 Å². The van der Waals surface area contributed by atoms with E-state index < -0.39 is 0 Å². The third-order valence-corrected chi connectivity index (χ3v) is 5.31. The summed E-state index contributed by atoms with van der Waals surface area (Å²) in [5.74, 6) is 2.05. The van der Waals surface area contributed by atoms with E-state index in [0.717, 1.165) is 31.0 Å². The Bertz CT molecular complexity index is 1030. The van der Waals surface area contributed by atoms with Crippen molar-refractivity contribution in [2.45, 2.75) is 12.8 Å². The lowest BCUT2D eigenvalue weighted by Gasteiger charge is -2.29. The van der Waals surface area contributed by atoms with Gasteiger partial charge in [-0.05, 0) is 41.8 Å². The van der Waals surface area contributed by atoms with Gasteiger partial charge in [0.25, 0.3) is 0 Å². The minimum atomic E-state index is 0.570. The minimum absolute atomic E-state index is 0.570. The lowest BCUT2D eigenvalue weighted by molar-refractivity contribution is 0.377. The zero-order valence-corrected chi connectivity index (χ0v) is 17.6. The Balaban J connectivity index is 1.29. The summed E-state index contributed by atoms with van der Waals surface area (Å²) in [7, 11) is 1.81. The van der Waals surface area contributed by atoms with E-state index in [-0.39, 0.29) is 0 Å². The first-order valence-electron chi connectivity index (χ1n) is 10.0. The van der Waals surface area contributed by atoms with Crippen molar-refractivity contribution in [3.8, 4) is 11.4 Å². The molecule has 1 aromatic heterocycles. The van der Waals surface area contributed by atoms with Crippen molar-refractivity contribution in [1.82, 2.24) is 20.4 Å². The lowest BCUT2D eigenvalue weighted by atomic mass is 10.00. The molecule has 2 aromatic carbocycles. The average molecular weight is 422 g/mol. The van der Waals surface area contributed by atoms with Crippen LogP contribution in [0, 0.1) is 0 Å².